The lowest BCUT2D eigenvalue weighted by molar-refractivity contribution is -0.118. The van der Waals surface area contributed by atoms with Gasteiger partial charge in [0.2, 0.25) is 11.0 Å². The lowest BCUT2D eigenvalue weighted by Gasteiger charge is -2.10. The molecule has 11 heteroatoms. The predicted octanol–water partition coefficient (Wildman–Crippen LogP) is 3.40. The second-order valence-electron chi connectivity index (χ2n) is 6.39. The van der Waals surface area contributed by atoms with Gasteiger partial charge in [-0.25, -0.2) is 4.39 Å². The molecule has 168 valence electrons. The second-order valence-corrected chi connectivity index (χ2v) is 8.59. The summed E-state index contributed by atoms with van der Waals surface area (Å²) in [5, 5.41) is 13.4. The fourth-order valence-electron chi connectivity index (χ4n) is 2.69. The van der Waals surface area contributed by atoms with E-state index in [1.807, 2.05) is 18.2 Å². The van der Waals surface area contributed by atoms with Crippen LogP contribution in [-0.2, 0) is 11.2 Å². The van der Waals surface area contributed by atoms with Gasteiger partial charge in [-0.05, 0) is 36.2 Å². The molecular weight excluding hydrogens is 455 g/mol. The highest BCUT2D eigenvalue weighted by molar-refractivity contribution is 8.01. The van der Waals surface area contributed by atoms with Gasteiger partial charge in [-0.2, -0.15) is 0 Å². The van der Waals surface area contributed by atoms with E-state index in [-0.39, 0.29) is 22.4 Å². The van der Waals surface area contributed by atoms with E-state index in [1.165, 1.54) is 30.0 Å². The fraction of sp³-hybridized carbons (Fsp3) is 0.238. The third-order valence-electron chi connectivity index (χ3n) is 4.26. The number of carbonyl (C=O) groups is 2. The maximum Gasteiger partial charge on any atom is 0.260 e. The zero-order valence-corrected chi connectivity index (χ0v) is 19.0. The number of anilines is 1. The van der Waals surface area contributed by atoms with E-state index in [0.29, 0.717) is 28.8 Å². The third-order valence-corrected chi connectivity index (χ3v) is 6.23. The van der Waals surface area contributed by atoms with Crippen molar-refractivity contribution in [1.82, 2.24) is 15.5 Å². The molecule has 2 N–H and O–H groups in total. The summed E-state index contributed by atoms with van der Waals surface area (Å²) in [7, 11) is 3.15. The van der Waals surface area contributed by atoms with Gasteiger partial charge in [-0.3, -0.25) is 14.9 Å². The standard InChI is InChI=1S/C21H21FN4O4S2/c1-29-16-8-7-13(11-17(16)30-2)9-10-23-18(27)12-31-21-26-25-20(32-21)24-19(28)14-5-3-4-6-15(14)22/h3-8,11H,9-10,12H2,1-2H3,(H,23,27)(H,24,25,28). The van der Waals surface area contributed by atoms with Crippen molar-refractivity contribution in [2.24, 2.45) is 0 Å². The van der Waals surface area contributed by atoms with Crippen molar-refractivity contribution in [2.75, 3.05) is 31.8 Å². The van der Waals surface area contributed by atoms with Crippen molar-refractivity contribution in [3.8, 4) is 11.5 Å². The molecule has 0 aliphatic heterocycles. The molecule has 0 unspecified atom stereocenters. The topological polar surface area (TPSA) is 102 Å². The van der Waals surface area contributed by atoms with Crippen LogP contribution in [0.15, 0.2) is 46.8 Å². The van der Waals surface area contributed by atoms with Crippen molar-refractivity contribution in [3.05, 3.63) is 59.4 Å². The maximum absolute atomic E-state index is 13.7. The zero-order chi connectivity index (χ0) is 22.9. The quantitative estimate of drug-likeness (QED) is 0.342. The predicted molar refractivity (Wildman–Crippen MR) is 121 cm³/mol. The Bertz CT molecular complexity index is 1090. The molecule has 8 nitrogen and oxygen atoms in total. The molecule has 1 heterocycles. The van der Waals surface area contributed by atoms with Crippen LogP contribution in [0.5, 0.6) is 11.5 Å². The molecule has 0 spiro atoms. The summed E-state index contributed by atoms with van der Waals surface area (Å²) in [6.45, 7) is 0.467. The van der Waals surface area contributed by atoms with Crippen LogP contribution in [0.3, 0.4) is 0 Å². The number of halogens is 1. The Labute approximate surface area is 192 Å². The van der Waals surface area contributed by atoms with Crippen LogP contribution >= 0.6 is 23.1 Å². The van der Waals surface area contributed by atoms with Gasteiger partial charge < -0.3 is 14.8 Å². The van der Waals surface area contributed by atoms with Gasteiger partial charge in [0.25, 0.3) is 5.91 Å². The fourth-order valence-corrected chi connectivity index (χ4v) is 4.27. The van der Waals surface area contributed by atoms with Gasteiger partial charge in [0.05, 0.1) is 25.5 Å². The monoisotopic (exact) mass is 476 g/mol. The Morgan fingerprint density at radius 2 is 1.88 bits per heavy atom. The second kappa shape index (κ2) is 11.4. The lowest BCUT2D eigenvalue weighted by atomic mass is 10.1. The number of amides is 2. The van der Waals surface area contributed by atoms with E-state index in [4.69, 9.17) is 9.47 Å². The molecule has 32 heavy (non-hydrogen) atoms. The first kappa shape index (κ1) is 23.5. The van der Waals surface area contributed by atoms with Crippen LogP contribution in [0.25, 0.3) is 0 Å². The summed E-state index contributed by atoms with van der Waals surface area (Å²) >= 11 is 2.32. The van der Waals surface area contributed by atoms with Gasteiger partial charge >= 0.3 is 0 Å². The molecule has 1 aromatic heterocycles. The van der Waals surface area contributed by atoms with Crippen molar-refractivity contribution in [3.63, 3.8) is 0 Å². The Morgan fingerprint density at radius 3 is 2.62 bits per heavy atom. The van der Waals surface area contributed by atoms with Gasteiger partial charge in [0.1, 0.15) is 5.82 Å². The normalized spacial score (nSPS) is 10.5. The number of nitrogens with zero attached hydrogens (tertiary/aromatic N) is 2. The summed E-state index contributed by atoms with van der Waals surface area (Å²) in [4.78, 5) is 24.2. The molecule has 0 radical (unpaired) electrons. The number of aromatic nitrogens is 2. The molecule has 0 saturated carbocycles. The summed E-state index contributed by atoms with van der Waals surface area (Å²) in [6.07, 6.45) is 0.641. The third kappa shape index (κ3) is 6.41. The van der Waals surface area contributed by atoms with Crippen LogP contribution in [0.2, 0.25) is 0 Å². The molecule has 2 amide bonds. The number of carbonyl (C=O) groups excluding carboxylic acids is 2. The SMILES string of the molecule is COc1ccc(CCNC(=O)CSc2nnc(NC(=O)c3ccccc3F)s2)cc1OC. The minimum atomic E-state index is -0.617. The van der Waals surface area contributed by atoms with Crippen LogP contribution in [-0.4, -0.2) is 48.5 Å². The lowest BCUT2D eigenvalue weighted by Crippen LogP contribution is -2.27. The molecule has 0 aliphatic rings. The molecule has 0 fully saturated rings. The smallest absolute Gasteiger partial charge is 0.260 e. The Balaban J connectivity index is 1.42. The van der Waals surface area contributed by atoms with Crippen LogP contribution < -0.4 is 20.1 Å². The molecule has 0 saturated heterocycles. The van der Waals surface area contributed by atoms with E-state index in [0.717, 1.165) is 16.9 Å². The number of hydrogen-bond donors (Lipinski definition) is 2. The molecular formula is C21H21FN4O4S2. The highest BCUT2D eigenvalue weighted by Crippen LogP contribution is 2.28. The van der Waals surface area contributed by atoms with E-state index >= 15 is 0 Å². The number of hydrogen-bond acceptors (Lipinski definition) is 8. The summed E-state index contributed by atoms with van der Waals surface area (Å²) in [5.74, 6) is 0.0707. The first-order valence-corrected chi connectivity index (χ1v) is 11.3. The highest BCUT2D eigenvalue weighted by Gasteiger charge is 2.14. The van der Waals surface area contributed by atoms with Gasteiger partial charge in [0, 0.05) is 6.54 Å². The highest BCUT2D eigenvalue weighted by atomic mass is 32.2. The zero-order valence-electron chi connectivity index (χ0n) is 17.4. The minimum Gasteiger partial charge on any atom is -0.493 e. The van der Waals surface area contributed by atoms with E-state index < -0.39 is 11.7 Å². The van der Waals surface area contributed by atoms with Crippen molar-refractivity contribution >= 4 is 40.0 Å². The largest absolute Gasteiger partial charge is 0.493 e. The van der Waals surface area contributed by atoms with Crippen LogP contribution in [0.4, 0.5) is 9.52 Å². The van der Waals surface area contributed by atoms with Crippen molar-refractivity contribution < 1.29 is 23.5 Å². The number of thioether (sulfide) groups is 1. The van der Waals surface area contributed by atoms with Gasteiger partial charge in [-0.1, -0.05) is 41.3 Å². The average Bonchev–Trinajstić information content (AvgIpc) is 3.25. The van der Waals surface area contributed by atoms with E-state index in [9.17, 15) is 14.0 Å². The molecule has 0 aliphatic carbocycles. The Kier molecular flexibility index (Phi) is 8.40. The van der Waals surface area contributed by atoms with Crippen LogP contribution in [0, 0.1) is 5.82 Å². The van der Waals surface area contributed by atoms with Gasteiger partial charge in [-0.15, -0.1) is 10.2 Å². The Morgan fingerprint density at radius 1 is 1.09 bits per heavy atom. The van der Waals surface area contributed by atoms with E-state index in [1.54, 1.807) is 20.3 Å². The average molecular weight is 477 g/mol. The van der Waals surface area contributed by atoms with Gasteiger partial charge in [0.15, 0.2) is 15.8 Å². The number of methoxy groups -OCH3 is 2. The molecule has 3 aromatic rings. The molecule has 2 aromatic carbocycles. The maximum atomic E-state index is 13.7. The number of benzene rings is 2. The summed E-state index contributed by atoms with van der Waals surface area (Å²) in [5.41, 5.74) is 0.931. The van der Waals surface area contributed by atoms with Crippen LogP contribution in [0.1, 0.15) is 15.9 Å². The molecule has 3 rings (SSSR count). The van der Waals surface area contributed by atoms with E-state index in [2.05, 4.69) is 20.8 Å². The number of ether oxygens (including phenoxy) is 2. The summed E-state index contributed by atoms with van der Waals surface area (Å²) in [6, 6.07) is 11.3. The van der Waals surface area contributed by atoms with Crippen molar-refractivity contribution in [1.29, 1.82) is 0 Å². The first-order valence-electron chi connectivity index (χ1n) is 9.50. The number of rotatable bonds is 10. The first-order chi connectivity index (χ1) is 15.5. The molecule has 0 atom stereocenters. The molecule has 0 bridgehead atoms. The minimum absolute atomic E-state index is 0.0780. The number of nitrogens with one attached hydrogen (secondary N) is 2. The Hall–Kier alpha value is -3.18. The summed E-state index contributed by atoms with van der Waals surface area (Å²) < 4.78 is 24.7. The van der Waals surface area contributed by atoms with Crippen molar-refractivity contribution in [2.45, 2.75) is 10.8 Å².